The minimum Gasteiger partial charge on any atom is -0.497 e. The predicted octanol–water partition coefficient (Wildman–Crippen LogP) is 2.45. The number of aromatic nitrogens is 3. The van der Waals surface area contributed by atoms with Gasteiger partial charge in [0.1, 0.15) is 29.4 Å². The van der Waals surface area contributed by atoms with E-state index < -0.39 is 23.9 Å². The van der Waals surface area contributed by atoms with E-state index in [1.165, 1.54) is 60.0 Å². The van der Waals surface area contributed by atoms with Gasteiger partial charge in [-0.25, -0.2) is 8.91 Å². The van der Waals surface area contributed by atoms with Gasteiger partial charge in [-0.05, 0) is 36.4 Å². The summed E-state index contributed by atoms with van der Waals surface area (Å²) in [6.07, 6.45) is 2.95. The van der Waals surface area contributed by atoms with Gasteiger partial charge in [0.05, 0.1) is 32.2 Å². The average Bonchev–Trinajstić information content (AvgIpc) is 3.21. The van der Waals surface area contributed by atoms with Gasteiger partial charge in [0.15, 0.2) is 0 Å². The highest BCUT2D eigenvalue weighted by Gasteiger charge is 2.19. The van der Waals surface area contributed by atoms with Gasteiger partial charge in [0.2, 0.25) is 5.91 Å². The number of nitrogens with zero attached hydrogens (tertiary/aromatic N) is 3. The van der Waals surface area contributed by atoms with Gasteiger partial charge in [0, 0.05) is 29.6 Å². The van der Waals surface area contributed by atoms with E-state index >= 15 is 0 Å². The summed E-state index contributed by atoms with van der Waals surface area (Å²) in [6.45, 7) is -0.725. The molecular formula is C23H21FN4O5. The molecule has 4 rings (SSSR count). The summed E-state index contributed by atoms with van der Waals surface area (Å²) in [7, 11) is 2.99. The number of hydrogen-bond donors (Lipinski definition) is 2. The molecule has 0 aliphatic rings. The first-order valence-corrected chi connectivity index (χ1v) is 9.94. The third kappa shape index (κ3) is 4.28. The second kappa shape index (κ2) is 9.13. The van der Waals surface area contributed by atoms with Gasteiger partial charge >= 0.3 is 0 Å². The lowest BCUT2D eigenvalue weighted by Crippen LogP contribution is -2.28. The molecule has 170 valence electrons. The first kappa shape index (κ1) is 22.0. The Morgan fingerprint density at radius 3 is 2.55 bits per heavy atom. The normalized spacial score (nSPS) is 10.9. The highest BCUT2D eigenvalue weighted by Crippen LogP contribution is 2.29. The molecule has 0 atom stereocenters. The van der Waals surface area contributed by atoms with E-state index in [1.807, 2.05) is 0 Å². The number of benzene rings is 2. The van der Waals surface area contributed by atoms with Crippen LogP contribution in [0.1, 0.15) is 5.56 Å². The van der Waals surface area contributed by atoms with E-state index in [-0.39, 0.29) is 17.6 Å². The molecule has 0 unspecified atom stereocenters. The quantitative estimate of drug-likeness (QED) is 0.446. The molecule has 0 aliphatic heterocycles. The standard InChI is InChI=1S/C23H21FN4O5/c1-32-16-7-8-18(19(11-16)33-2)25-20(30)12-27-9-10-28-22(23(27)31)17(13-29)21(26-28)14-3-5-15(24)6-4-14/h3-11,29H,12-13H2,1-2H3,(H,25,30). The highest BCUT2D eigenvalue weighted by atomic mass is 19.1. The van der Waals surface area contributed by atoms with Gasteiger partial charge in [-0.1, -0.05) is 0 Å². The van der Waals surface area contributed by atoms with Crippen molar-refractivity contribution < 1.29 is 23.8 Å². The lowest BCUT2D eigenvalue weighted by Gasteiger charge is -2.12. The maximum Gasteiger partial charge on any atom is 0.277 e. The van der Waals surface area contributed by atoms with Crippen molar-refractivity contribution in [1.82, 2.24) is 14.2 Å². The second-order valence-electron chi connectivity index (χ2n) is 7.13. The molecule has 4 aromatic rings. The molecule has 0 bridgehead atoms. The average molecular weight is 452 g/mol. The summed E-state index contributed by atoms with van der Waals surface area (Å²) in [5, 5.41) is 17.0. The van der Waals surface area contributed by atoms with Crippen LogP contribution >= 0.6 is 0 Å². The Balaban J connectivity index is 1.65. The molecular weight excluding hydrogens is 431 g/mol. The van der Waals surface area contributed by atoms with E-state index in [1.54, 1.807) is 18.2 Å². The Bertz CT molecular complexity index is 1380. The number of aliphatic hydroxyl groups is 1. The maximum absolute atomic E-state index is 13.3. The van der Waals surface area contributed by atoms with Crippen molar-refractivity contribution >= 4 is 17.1 Å². The number of ether oxygens (including phenoxy) is 2. The van der Waals surface area contributed by atoms with Crippen LogP contribution in [0.25, 0.3) is 16.8 Å². The number of nitrogens with one attached hydrogen (secondary N) is 1. The third-order valence-corrected chi connectivity index (χ3v) is 5.13. The Kier molecular flexibility index (Phi) is 6.09. The first-order valence-electron chi connectivity index (χ1n) is 9.94. The van der Waals surface area contributed by atoms with Crippen molar-refractivity contribution in [2.75, 3.05) is 19.5 Å². The molecule has 2 N–H and O–H groups in total. The van der Waals surface area contributed by atoms with Crippen LogP contribution in [0.3, 0.4) is 0 Å². The molecule has 0 aliphatic carbocycles. The Morgan fingerprint density at radius 1 is 1.12 bits per heavy atom. The van der Waals surface area contributed by atoms with Crippen molar-refractivity contribution in [2.24, 2.45) is 0 Å². The monoisotopic (exact) mass is 452 g/mol. The third-order valence-electron chi connectivity index (χ3n) is 5.13. The molecule has 2 heterocycles. The number of carbonyl (C=O) groups is 1. The van der Waals surface area contributed by atoms with E-state index in [2.05, 4.69) is 10.4 Å². The van der Waals surface area contributed by atoms with Crippen molar-refractivity contribution in [3.63, 3.8) is 0 Å². The summed E-state index contributed by atoms with van der Waals surface area (Å²) >= 11 is 0. The van der Waals surface area contributed by atoms with Crippen LogP contribution in [0.4, 0.5) is 10.1 Å². The number of hydrogen-bond acceptors (Lipinski definition) is 6. The summed E-state index contributed by atoms with van der Waals surface area (Å²) in [5.41, 5.74) is 1.27. The van der Waals surface area contributed by atoms with E-state index in [0.717, 1.165) is 0 Å². The maximum atomic E-state index is 13.3. The second-order valence-corrected chi connectivity index (χ2v) is 7.13. The molecule has 0 radical (unpaired) electrons. The number of amides is 1. The van der Waals surface area contributed by atoms with Gasteiger partial charge < -0.3 is 24.5 Å². The molecule has 10 heteroatoms. The Labute approximate surface area is 187 Å². The first-order chi connectivity index (χ1) is 15.9. The number of rotatable bonds is 7. The molecule has 9 nitrogen and oxygen atoms in total. The lowest BCUT2D eigenvalue weighted by atomic mass is 10.1. The fraction of sp³-hybridized carbons (Fsp3) is 0.174. The SMILES string of the molecule is COc1ccc(NC(=O)Cn2ccn3nc(-c4ccc(F)cc4)c(CO)c3c2=O)c(OC)c1. The molecule has 0 saturated carbocycles. The van der Waals surface area contributed by atoms with Crippen LogP contribution in [0.15, 0.2) is 59.7 Å². The van der Waals surface area contributed by atoms with Crippen molar-refractivity contribution in [3.05, 3.63) is 76.6 Å². The predicted molar refractivity (Wildman–Crippen MR) is 119 cm³/mol. The smallest absolute Gasteiger partial charge is 0.277 e. The number of fused-ring (bicyclic) bond motifs is 1. The van der Waals surface area contributed by atoms with E-state index in [4.69, 9.17) is 9.47 Å². The fourth-order valence-electron chi connectivity index (χ4n) is 3.51. The van der Waals surface area contributed by atoms with E-state index in [9.17, 15) is 19.1 Å². The van der Waals surface area contributed by atoms with Gasteiger partial charge in [0.25, 0.3) is 5.56 Å². The van der Waals surface area contributed by atoms with Crippen molar-refractivity contribution in [2.45, 2.75) is 13.2 Å². The summed E-state index contributed by atoms with van der Waals surface area (Å²) in [6, 6.07) is 10.5. The zero-order chi connectivity index (χ0) is 23.5. The largest absolute Gasteiger partial charge is 0.497 e. The summed E-state index contributed by atoms with van der Waals surface area (Å²) in [5.74, 6) is 0.122. The molecule has 2 aromatic heterocycles. The van der Waals surface area contributed by atoms with Gasteiger partial charge in [-0.15, -0.1) is 0 Å². The van der Waals surface area contributed by atoms with Crippen molar-refractivity contribution in [1.29, 1.82) is 0 Å². The van der Waals surface area contributed by atoms with Crippen LogP contribution in [-0.4, -0.2) is 39.4 Å². The van der Waals surface area contributed by atoms with Crippen LogP contribution in [0.2, 0.25) is 0 Å². The molecule has 0 spiro atoms. The summed E-state index contributed by atoms with van der Waals surface area (Å²) < 4.78 is 26.3. The zero-order valence-corrected chi connectivity index (χ0v) is 17.9. The minimum absolute atomic E-state index is 0.133. The van der Waals surface area contributed by atoms with E-state index in [0.29, 0.717) is 28.4 Å². The van der Waals surface area contributed by atoms with Crippen LogP contribution in [0, 0.1) is 5.82 Å². The molecule has 1 amide bonds. The minimum atomic E-state index is -0.501. The Hall–Kier alpha value is -4.18. The number of halogens is 1. The fourth-order valence-corrected chi connectivity index (χ4v) is 3.51. The van der Waals surface area contributed by atoms with Crippen LogP contribution in [-0.2, 0) is 17.9 Å². The highest BCUT2D eigenvalue weighted by molar-refractivity contribution is 5.92. The summed E-state index contributed by atoms with van der Waals surface area (Å²) in [4.78, 5) is 25.8. The lowest BCUT2D eigenvalue weighted by molar-refractivity contribution is -0.116. The Morgan fingerprint density at radius 2 is 1.88 bits per heavy atom. The number of aliphatic hydroxyl groups excluding tert-OH is 1. The van der Waals surface area contributed by atoms with Gasteiger partial charge in [-0.2, -0.15) is 5.10 Å². The topological polar surface area (TPSA) is 107 Å². The molecule has 2 aromatic carbocycles. The number of methoxy groups -OCH3 is 2. The van der Waals surface area contributed by atoms with Crippen LogP contribution in [0.5, 0.6) is 11.5 Å². The number of carbonyl (C=O) groups excluding carboxylic acids is 1. The van der Waals surface area contributed by atoms with Crippen LogP contribution < -0.4 is 20.3 Å². The zero-order valence-electron chi connectivity index (χ0n) is 17.9. The van der Waals surface area contributed by atoms with Crippen molar-refractivity contribution in [3.8, 4) is 22.8 Å². The van der Waals surface area contributed by atoms with Gasteiger partial charge in [-0.3, -0.25) is 9.59 Å². The number of anilines is 1. The molecule has 0 fully saturated rings. The molecule has 0 saturated heterocycles. The molecule has 33 heavy (non-hydrogen) atoms.